The monoisotopic (exact) mass is 267 g/mol. The van der Waals surface area contributed by atoms with Crippen LogP contribution in [0.4, 0.5) is 0 Å². The topological polar surface area (TPSA) is 60.2 Å². The molecule has 1 aromatic rings. The van der Waals surface area contributed by atoms with Crippen LogP contribution in [0.15, 0.2) is 24.3 Å². The second-order valence-electron chi connectivity index (χ2n) is 5.52. The number of aryl methyl sites for hydroxylation is 1. The van der Waals surface area contributed by atoms with E-state index in [1.807, 2.05) is 12.1 Å². The first kappa shape index (κ1) is 13.6. The van der Waals surface area contributed by atoms with Gasteiger partial charge >= 0.3 is 0 Å². The van der Waals surface area contributed by atoms with E-state index >= 15 is 0 Å². The Bertz CT molecular complexity index is 513. The van der Waals surface area contributed by atoms with Crippen LogP contribution in [-0.2, 0) is 21.7 Å². The Morgan fingerprint density at radius 2 is 1.83 bits per heavy atom. The van der Waals surface area contributed by atoms with Crippen LogP contribution in [-0.4, -0.2) is 26.5 Å². The second-order valence-corrected chi connectivity index (χ2v) is 7.78. The molecule has 4 heteroatoms. The molecule has 0 radical (unpaired) electrons. The quantitative estimate of drug-likeness (QED) is 0.882. The maximum absolute atomic E-state index is 11.1. The van der Waals surface area contributed by atoms with Gasteiger partial charge in [-0.15, -0.1) is 0 Å². The number of nitrogens with two attached hydrogens (primary N) is 1. The second kappa shape index (κ2) is 4.67. The van der Waals surface area contributed by atoms with Crippen LogP contribution >= 0.6 is 0 Å². The highest BCUT2D eigenvalue weighted by Gasteiger charge is 2.47. The Morgan fingerprint density at radius 3 is 2.22 bits per heavy atom. The number of rotatable bonds is 5. The van der Waals surface area contributed by atoms with Gasteiger partial charge in [0, 0.05) is 17.7 Å². The summed E-state index contributed by atoms with van der Waals surface area (Å²) >= 11 is 0. The summed E-state index contributed by atoms with van der Waals surface area (Å²) in [5.41, 5.74) is 8.58. The van der Waals surface area contributed by atoms with E-state index in [0.29, 0.717) is 6.42 Å². The number of hydrogen-bond donors (Lipinski definition) is 1. The van der Waals surface area contributed by atoms with Gasteiger partial charge in [0.25, 0.3) is 0 Å². The Labute approximate surface area is 109 Å². The highest BCUT2D eigenvalue weighted by Crippen LogP contribution is 2.50. The average Bonchev–Trinajstić information content (AvgIpc) is 3.07. The predicted octanol–water partition coefficient (Wildman–Crippen LogP) is 1.65. The molecule has 1 saturated carbocycles. The molecular weight excluding hydrogens is 246 g/mol. The van der Waals surface area contributed by atoms with Crippen molar-refractivity contribution in [1.29, 1.82) is 0 Å². The molecule has 3 nitrogen and oxygen atoms in total. The molecule has 100 valence electrons. The van der Waals surface area contributed by atoms with E-state index in [9.17, 15) is 8.42 Å². The first-order valence-electron chi connectivity index (χ1n) is 6.36. The molecule has 0 aromatic heterocycles. The minimum atomic E-state index is -2.88. The van der Waals surface area contributed by atoms with Gasteiger partial charge in [-0.1, -0.05) is 24.3 Å². The zero-order valence-corrected chi connectivity index (χ0v) is 11.8. The van der Waals surface area contributed by atoms with Gasteiger partial charge in [-0.25, -0.2) is 8.42 Å². The molecule has 1 aliphatic carbocycles. The van der Waals surface area contributed by atoms with Gasteiger partial charge in [0.15, 0.2) is 0 Å². The third-order valence-electron chi connectivity index (χ3n) is 3.95. The largest absolute Gasteiger partial charge is 0.327 e. The van der Waals surface area contributed by atoms with Gasteiger partial charge in [-0.05, 0) is 37.3 Å². The SMILES string of the molecule is CC(N)C1(c2ccc(CCS(C)(=O)=O)cc2)CC1. The molecule has 1 aromatic carbocycles. The molecule has 0 amide bonds. The van der Waals surface area contributed by atoms with Crippen LogP contribution in [0.3, 0.4) is 0 Å². The molecule has 2 rings (SSSR count). The molecule has 1 atom stereocenters. The Balaban J connectivity index is 2.07. The Morgan fingerprint density at radius 1 is 1.28 bits per heavy atom. The molecule has 1 fully saturated rings. The summed E-state index contributed by atoms with van der Waals surface area (Å²) in [5, 5.41) is 0. The molecule has 18 heavy (non-hydrogen) atoms. The van der Waals surface area contributed by atoms with Gasteiger partial charge in [0.1, 0.15) is 9.84 Å². The first-order chi connectivity index (χ1) is 8.33. The van der Waals surface area contributed by atoms with E-state index in [2.05, 4.69) is 19.1 Å². The standard InChI is InChI=1S/C14H21NO2S/c1-11(15)14(8-9-14)13-5-3-12(4-6-13)7-10-18(2,16)17/h3-6,11H,7-10,15H2,1-2H3. The fourth-order valence-corrected chi connectivity index (χ4v) is 3.05. The maximum Gasteiger partial charge on any atom is 0.147 e. The Kier molecular flexibility index (Phi) is 3.52. The van der Waals surface area contributed by atoms with Gasteiger partial charge in [-0.3, -0.25) is 0 Å². The smallest absolute Gasteiger partial charge is 0.147 e. The van der Waals surface area contributed by atoms with Crippen LogP contribution in [0.25, 0.3) is 0 Å². The molecule has 1 unspecified atom stereocenters. The third kappa shape index (κ3) is 2.93. The van der Waals surface area contributed by atoms with Crippen molar-refractivity contribution in [3.8, 4) is 0 Å². The van der Waals surface area contributed by atoms with E-state index in [1.54, 1.807) is 0 Å². The average molecular weight is 267 g/mol. The molecule has 0 spiro atoms. The fraction of sp³-hybridized carbons (Fsp3) is 0.571. The summed E-state index contributed by atoms with van der Waals surface area (Å²) in [6.45, 7) is 2.06. The zero-order valence-electron chi connectivity index (χ0n) is 11.0. The van der Waals surface area contributed by atoms with Crippen molar-refractivity contribution in [3.63, 3.8) is 0 Å². The molecule has 0 aliphatic heterocycles. The lowest BCUT2D eigenvalue weighted by Gasteiger charge is -2.20. The van der Waals surface area contributed by atoms with Crippen molar-refractivity contribution in [3.05, 3.63) is 35.4 Å². The van der Waals surface area contributed by atoms with Gasteiger partial charge < -0.3 is 5.73 Å². The lowest BCUT2D eigenvalue weighted by Crippen LogP contribution is -2.31. The van der Waals surface area contributed by atoms with E-state index in [-0.39, 0.29) is 17.2 Å². The molecular formula is C14H21NO2S. The van der Waals surface area contributed by atoms with Gasteiger partial charge in [0.2, 0.25) is 0 Å². The van der Waals surface area contributed by atoms with Crippen LogP contribution in [0, 0.1) is 0 Å². The molecule has 0 saturated heterocycles. The zero-order chi connectivity index (χ0) is 13.4. The minimum Gasteiger partial charge on any atom is -0.327 e. The fourth-order valence-electron chi connectivity index (χ4n) is 2.45. The van der Waals surface area contributed by atoms with Crippen LogP contribution in [0.5, 0.6) is 0 Å². The van der Waals surface area contributed by atoms with Crippen molar-refractivity contribution in [2.45, 2.75) is 37.6 Å². The third-order valence-corrected chi connectivity index (χ3v) is 4.90. The number of hydrogen-bond acceptors (Lipinski definition) is 3. The van der Waals surface area contributed by atoms with Crippen molar-refractivity contribution in [1.82, 2.24) is 0 Å². The molecule has 0 heterocycles. The number of sulfone groups is 1. The predicted molar refractivity (Wildman–Crippen MR) is 74.4 cm³/mol. The van der Waals surface area contributed by atoms with E-state index < -0.39 is 9.84 Å². The Hall–Kier alpha value is -0.870. The highest BCUT2D eigenvalue weighted by molar-refractivity contribution is 7.90. The first-order valence-corrected chi connectivity index (χ1v) is 8.42. The lowest BCUT2D eigenvalue weighted by molar-refractivity contribution is 0.556. The van der Waals surface area contributed by atoms with Crippen molar-refractivity contribution < 1.29 is 8.42 Å². The van der Waals surface area contributed by atoms with Crippen molar-refractivity contribution >= 4 is 9.84 Å². The van der Waals surface area contributed by atoms with Gasteiger partial charge in [-0.2, -0.15) is 0 Å². The summed E-state index contributed by atoms with van der Waals surface area (Å²) in [6.07, 6.45) is 4.18. The normalized spacial score (nSPS) is 19.5. The van der Waals surface area contributed by atoms with Crippen LogP contribution in [0.2, 0.25) is 0 Å². The van der Waals surface area contributed by atoms with Crippen LogP contribution in [0.1, 0.15) is 30.9 Å². The van der Waals surface area contributed by atoms with E-state index in [1.165, 1.54) is 11.8 Å². The molecule has 0 bridgehead atoms. The summed E-state index contributed by atoms with van der Waals surface area (Å²) in [7, 11) is -2.88. The maximum atomic E-state index is 11.1. The van der Waals surface area contributed by atoms with Crippen LogP contribution < -0.4 is 5.73 Å². The summed E-state index contributed by atoms with van der Waals surface area (Å²) in [6, 6.07) is 8.45. The van der Waals surface area contributed by atoms with Crippen molar-refractivity contribution in [2.75, 3.05) is 12.0 Å². The van der Waals surface area contributed by atoms with Gasteiger partial charge in [0.05, 0.1) is 5.75 Å². The molecule has 1 aliphatic rings. The minimum absolute atomic E-state index is 0.176. The highest BCUT2D eigenvalue weighted by atomic mass is 32.2. The van der Waals surface area contributed by atoms with E-state index in [0.717, 1.165) is 18.4 Å². The number of benzene rings is 1. The van der Waals surface area contributed by atoms with E-state index in [4.69, 9.17) is 5.73 Å². The van der Waals surface area contributed by atoms with Crippen molar-refractivity contribution in [2.24, 2.45) is 5.73 Å². The lowest BCUT2D eigenvalue weighted by atomic mass is 9.89. The molecule has 2 N–H and O–H groups in total. The summed E-state index contributed by atoms with van der Waals surface area (Å²) < 4.78 is 22.2. The summed E-state index contributed by atoms with van der Waals surface area (Å²) in [5.74, 6) is 0.213. The summed E-state index contributed by atoms with van der Waals surface area (Å²) in [4.78, 5) is 0.